The monoisotopic (exact) mass is 237 g/mol. The minimum atomic E-state index is -0.994. The number of nitrogens with two attached hydrogens (primary N) is 1. The number of nitrogens with zero attached hydrogens (tertiary/aromatic N) is 1. The lowest BCUT2D eigenvalue weighted by atomic mass is 10.2. The molecular weight excluding hydrogens is 222 g/mol. The summed E-state index contributed by atoms with van der Waals surface area (Å²) in [6.07, 6.45) is 0.378. The van der Waals surface area contributed by atoms with E-state index in [-0.39, 0.29) is 11.4 Å². The van der Waals surface area contributed by atoms with E-state index in [2.05, 4.69) is 10.3 Å². The lowest BCUT2D eigenvalue weighted by Gasteiger charge is -2.15. The molecule has 1 aromatic heterocycles. The van der Waals surface area contributed by atoms with Gasteiger partial charge in [-0.2, -0.15) is 0 Å². The maximum atomic E-state index is 11.2. The van der Waals surface area contributed by atoms with Gasteiger partial charge in [-0.15, -0.1) is 0 Å². The van der Waals surface area contributed by atoms with Crippen LogP contribution < -0.4 is 11.1 Å². The molecule has 1 amide bonds. The molecule has 0 saturated heterocycles. The third-order valence-electron chi connectivity index (χ3n) is 2.32. The molecular formula is C11H15N3O3. The van der Waals surface area contributed by atoms with Crippen molar-refractivity contribution in [2.45, 2.75) is 26.3 Å². The van der Waals surface area contributed by atoms with Crippen LogP contribution in [-0.2, 0) is 4.79 Å². The Hall–Kier alpha value is -2.11. The number of carbonyl (C=O) groups is 2. The molecule has 0 aliphatic carbocycles. The molecule has 0 radical (unpaired) electrons. The highest BCUT2D eigenvalue weighted by atomic mass is 16.4. The number of pyridine rings is 1. The van der Waals surface area contributed by atoms with Gasteiger partial charge in [0, 0.05) is 5.69 Å². The van der Waals surface area contributed by atoms with Crippen molar-refractivity contribution in [3.05, 3.63) is 23.4 Å². The molecule has 0 saturated carbocycles. The number of carbonyl (C=O) groups excluding carboxylic acids is 1. The average Bonchev–Trinajstić information content (AvgIpc) is 2.25. The predicted octanol–water partition coefficient (Wildman–Crippen LogP) is 0.764. The van der Waals surface area contributed by atoms with Gasteiger partial charge in [-0.3, -0.25) is 4.79 Å². The smallest absolute Gasteiger partial charge is 0.326 e. The van der Waals surface area contributed by atoms with Gasteiger partial charge in [0.2, 0.25) is 0 Å². The molecule has 0 spiro atoms. The number of primary amides is 1. The van der Waals surface area contributed by atoms with Crippen molar-refractivity contribution in [3.63, 3.8) is 0 Å². The molecule has 0 bridgehead atoms. The summed E-state index contributed by atoms with van der Waals surface area (Å²) in [7, 11) is 0. The molecule has 0 aromatic carbocycles. The predicted molar refractivity (Wildman–Crippen MR) is 62.8 cm³/mol. The number of rotatable bonds is 5. The number of hydrogen-bond acceptors (Lipinski definition) is 4. The quantitative estimate of drug-likeness (QED) is 0.701. The first kappa shape index (κ1) is 13.0. The summed E-state index contributed by atoms with van der Waals surface area (Å²) in [5.41, 5.74) is 6.06. The summed E-state index contributed by atoms with van der Waals surface area (Å²) in [5, 5.41) is 11.6. The van der Waals surface area contributed by atoms with E-state index in [0.29, 0.717) is 12.1 Å². The second-order valence-corrected chi connectivity index (χ2v) is 3.66. The van der Waals surface area contributed by atoms with Gasteiger partial charge in [-0.25, -0.2) is 9.78 Å². The topological polar surface area (TPSA) is 105 Å². The molecule has 1 unspecified atom stereocenters. The maximum Gasteiger partial charge on any atom is 0.326 e. The van der Waals surface area contributed by atoms with E-state index >= 15 is 0 Å². The van der Waals surface area contributed by atoms with E-state index in [4.69, 9.17) is 10.8 Å². The zero-order valence-electron chi connectivity index (χ0n) is 9.73. The highest BCUT2D eigenvalue weighted by molar-refractivity contribution is 5.98. The first-order valence-electron chi connectivity index (χ1n) is 5.22. The SMILES string of the molecule is CCC(Nc1nc(C)ccc1C(N)=O)C(=O)O. The fraction of sp³-hybridized carbons (Fsp3) is 0.364. The Labute approximate surface area is 98.8 Å². The molecule has 0 aliphatic rings. The van der Waals surface area contributed by atoms with E-state index in [0.717, 1.165) is 0 Å². The van der Waals surface area contributed by atoms with Crippen LogP contribution in [0.25, 0.3) is 0 Å². The Balaban J connectivity index is 3.07. The average molecular weight is 237 g/mol. The highest BCUT2D eigenvalue weighted by Gasteiger charge is 2.18. The first-order chi connectivity index (χ1) is 7.95. The van der Waals surface area contributed by atoms with Gasteiger partial charge in [0.1, 0.15) is 11.9 Å². The molecule has 17 heavy (non-hydrogen) atoms. The summed E-state index contributed by atoms with van der Waals surface area (Å²) < 4.78 is 0. The number of aliphatic carboxylic acids is 1. The zero-order valence-corrected chi connectivity index (χ0v) is 9.73. The molecule has 1 aromatic rings. The second-order valence-electron chi connectivity index (χ2n) is 3.66. The van der Waals surface area contributed by atoms with Crippen LogP contribution in [0.5, 0.6) is 0 Å². The minimum absolute atomic E-state index is 0.190. The van der Waals surface area contributed by atoms with Gasteiger partial charge in [0.15, 0.2) is 0 Å². The largest absolute Gasteiger partial charge is 0.480 e. The summed E-state index contributed by atoms with van der Waals surface area (Å²) in [6, 6.07) is 2.39. The van der Waals surface area contributed by atoms with Crippen LogP contribution in [0.3, 0.4) is 0 Å². The van der Waals surface area contributed by atoms with Crippen LogP contribution >= 0.6 is 0 Å². The lowest BCUT2D eigenvalue weighted by molar-refractivity contribution is -0.137. The van der Waals surface area contributed by atoms with Crippen LogP contribution in [0.2, 0.25) is 0 Å². The number of anilines is 1. The van der Waals surface area contributed by atoms with E-state index in [1.54, 1.807) is 19.9 Å². The Bertz CT molecular complexity index is 446. The van der Waals surface area contributed by atoms with Crippen molar-refractivity contribution < 1.29 is 14.7 Å². The first-order valence-corrected chi connectivity index (χ1v) is 5.22. The van der Waals surface area contributed by atoms with Crippen molar-refractivity contribution >= 4 is 17.7 Å². The van der Waals surface area contributed by atoms with Crippen molar-refractivity contribution in [2.75, 3.05) is 5.32 Å². The molecule has 1 heterocycles. The van der Waals surface area contributed by atoms with Gasteiger partial charge in [-0.1, -0.05) is 6.92 Å². The van der Waals surface area contributed by atoms with Gasteiger partial charge >= 0.3 is 5.97 Å². The lowest BCUT2D eigenvalue weighted by Crippen LogP contribution is -2.30. The third kappa shape index (κ3) is 3.17. The van der Waals surface area contributed by atoms with Crippen LogP contribution in [0.15, 0.2) is 12.1 Å². The van der Waals surface area contributed by atoms with Crippen LogP contribution in [-0.4, -0.2) is 28.0 Å². The minimum Gasteiger partial charge on any atom is -0.480 e. The number of hydrogen-bond donors (Lipinski definition) is 3. The maximum absolute atomic E-state index is 11.2. The van der Waals surface area contributed by atoms with Crippen LogP contribution in [0.1, 0.15) is 29.4 Å². The summed E-state index contributed by atoms with van der Waals surface area (Å²) in [4.78, 5) is 26.2. The normalized spacial score (nSPS) is 11.9. The van der Waals surface area contributed by atoms with Gasteiger partial charge in [0.05, 0.1) is 5.56 Å². The van der Waals surface area contributed by atoms with Crippen molar-refractivity contribution in [1.82, 2.24) is 4.98 Å². The fourth-order valence-corrected chi connectivity index (χ4v) is 1.37. The van der Waals surface area contributed by atoms with E-state index in [1.165, 1.54) is 6.07 Å². The summed E-state index contributed by atoms with van der Waals surface area (Å²) in [6.45, 7) is 3.48. The Morgan fingerprint density at radius 3 is 2.65 bits per heavy atom. The molecule has 1 rings (SSSR count). The summed E-state index contributed by atoms with van der Waals surface area (Å²) >= 11 is 0. The second kappa shape index (κ2) is 5.29. The van der Waals surface area contributed by atoms with Crippen molar-refractivity contribution in [1.29, 1.82) is 0 Å². The number of nitrogens with one attached hydrogen (secondary N) is 1. The Morgan fingerprint density at radius 2 is 2.18 bits per heavy atom. The van der Waals surface area contributed by atoms with Crippen LogP contribution in [0, 0.1) is 6.92 Å². The van der Waals surface area contributed by atoms with E-state index < -0.39 is 17.9 Å². The Kier molecular flexibility index (Phi) is 4.03. The number of amides is 1. The Morgan fingerprint density at radius 1 is 1.53 bits per heavy atom. The van der Waals surface area contributed by atoms with Gasteiger partial charge in [-0.05, 0) is 25.5 Å². The standard InChI is InChI=1S/C11H15N3O3/c1-3-8(11(16)17)14-10-7(9(12)15)5-4-6(2)13-10/h4-5,8H,3H2,1-2H3,(H2,12,15)(H,13,14)(H,16,17). The molecule has 6 nitrogen and oxygen atoms in total. The van der Waals surface area contributed by atoms with Gasteiger partial charge in [0.25, 0.3) is 5.91 Å². The van der Waals surface area contributed by atoms with Crippen molar-refractivity contribution in [2.24, 2.45) is 5.73 Å². The van der Waals surface area contributed by atoms with Gasteiger partial charge < -0.3 is 16.2 Å². The van der Waals surface area contributed by atoms with Crippen molar-refractivity contribution in [3.8, 4) is 0 Å². The number of carboxylic acid groups (broad SMARTS) is 1. The molecule has 1 atom stereocenters. The summed E-state index contributed by atoms with van der Waals surface area (Å²) in [5.74, 6) is -1.42. The highest BCUT2D eigenvalue weighted by Crippen LogP contribution is 2.14. The van der Waals surface area contributed by atoms with E-state index in [1.807, 2.05) is 0 Å². The van der Waals surface area contributed by atoms with E-state index in [9.17, 15) is 9.59 Å². The third-order valence-corrected chi connectivity index (χ3v) is 2.32. The molecule has 4 N–H and O–H groups in total. The fourth-order valence-electron chi connectivity index (χ4n) is 1.37. The molecule has 92 valence electrons. The number of aromatic nitrogens is 1. The molecule has 0 aliphatic heterocycles. The molecule has 6 heteroatoms. The number of carboxylic acids is 1. The number of aryl methyl sites for hydroxylation is 1. The van der Waals surface area contributed by atoms with Crippen LogP contribution in [0.4, 0.5) is 5.82 Å². The molecule has 0 fully saturated rings. The zero-order chi connectivity index (χ0) is 13.0.